The van der Waals surface area contributed by atoms with Gasteiger partial charge in [-0.1, -0.05) is 23.7 Å². The van der Waals surface area contributed by atoms with Crippen molar-refractivity contribution in [2.24, 2.45) is 0 Å². The van der Waals surface area contributed by atoms with Gasteiger partial charge in [-0.15, -0.1) is 0 Å². The molecule has 122 valence electrons. The van der Waals surface area contributed by atoms with Crippen LogP contribution in [-0.4, -0.2) is 28.6 Å². The monoisotopic (exact) mass is 331 g/mol. The van der Waals surface area contributed by atoms with E-state index >= 15 is 0 Å². The zero-order valence-corrected chi connectivity index (χ0v) is 13.9. The summed E-state index contributed by atoms with van der Waals surface area (Å²) in [5, 5.41) is 3.77. The Morgan fingerprint density at radius 2 is 1.91 bits per heavy atom. The fourth-order valence-electron chi connectivity index (χ4n) is 3.12. The molecule has 2 aromatic rings. The summed E-state index contributed by atoms with van der Waals surface area (Å²) in [4.78, 5) is 14.5. The van der Waals surface area contributed by atoms with E-state index in [0.717, 1.165) is 42.9 Å². The number of hydrogen-bond donors (Lipinski definition) is 1. The molecule has 1 N–H and O–H groups in total. The average Bonchev–Trinajstić information content (AvgIpc) is 3.09. The maximum atomic E-state index is 12.6. The Balaban J connectivity index is 1.61. The van der Waals surface area contributed by atoms with E-state index in [2.05, 4.69) is 9.88 Å². The van der Waals surface area contributed by atoms with Gasteiger partial charge < -0.3 is 14.8 Å². The second-order valence-corrected chi connectivity index (χ2v) is 6.35. The van der Waals surface area contributed by atoms with Crippen molar-refractivity contribution in [3.05, 3.63) is 59.4 Å². The summed E-state index contributed by atoms with van der Waals surface area (Å²) in [6.45, 7) is 2.23. The van der Waals surface area contributed by atoms with Gasteiger partial charge in [-0.05, 0) is 49.1 Å². The van der Waals surface area contributed by atoms with Crippen molar-refractivity contribution in [2.75, 3.05) is 13.1 Å². The molecule has 1 unspecified atom stereocenters. The van der Waals surface area contributed by atoms with E-state index in [-0.39, 0.29) is 12.1 Å². The summed E-state index contributed by atoms with van der Waals surface area (Å²) in [7, 11) is 0. The van der Waals surface area contributed by atoms with Crippen LogP contribution < -0.4 is 5.32 Å². The Bertz CT molecular complexity index is 624. The van der Waals surface area contributed by atoms with Gasteiger partial charge in [-0.3, -0.25) is 0 Å². The maximum Gasteiger partial charge on any atom is 0.317 e. The third-order valence-corrected chi connectivity index (χ3v) is 4.58. The van der Waals surface area contributed by atoms with Crippen LogP contribution in [0, 0.1) is 0 Å². The SMILES string of the molecule is O=C(NCCn1cccc1)N1CCCCC1c1ccc(Cl)cc1. The molecule has 23 heavy (non-hydrogen) atoms. The lowest BCUT2D eigenvalue weighted by molar-refractivity contribution is 0.151. The first-order valence-corrected chi connectivity index (χ1v) is 8.52. The van der Waals surface area contributed by atoms with Gasteiger partial charge in [0.25, 0.3) is 0 Å². The van der Waals surface area contributed by atoms with E-state index in [1.807, 2.05) is 53.7 Å². The molecule has 1 aromatic carbocycles. The normalized spacial score (nSPS) is 18.0. The molecule has 2 heterocycles. The lowest BCUT2D eigenvalue weighted by Crippen LogP contribution is -2.45. The predicted octanol–water partition coefficient (Wildman–Crippen LogP) is 4.08. The zero-order valence-electron chi connectivity index (χ0n) is 13.1. The van der Waals surface area contributed by atoms with Crippen molar-refractivity contribution in [1.82, 2.24) is 14.8 Å². The molecule has 1 saturated heterocycles. The highest BCUT2D eigenvalue weighted by atomic mass is 35.5. The first kappa shape index (κ1) is 15.9. The van der Waals surface area contributed by atoms with Crippen molar-refractivity contribution < 1.29 is 4.79 Å². The van der Waals surface area contributed by atoms with E-state index < -0.39 is 0 Å². The fraction of sp³-hybridized carbons (Fsp3) is 0.389. The number of rotatable bonds is 4. The van der Waals surface area contributed by atoms with Gasteiger partial charge >= 0.3 is 6.03 Å². The van der Waals surface area contributed by atoms with Crippen LogP contribution in [0.5, 0.6) is 0 Å². The topological polar surface area (TPSA) is 37.3 Å². The highest BCUT2D eigenvalue weighted by molar-refractivity contribution is 6.30. The Hall–Kier alpha value is -1.94. The summed E-state index contributed by atoms with van der Waals surface area (Å²) in [5.74, 6) is 0. The number of nitrogens with one attached hydrogen (secondary N) is 1. The number of aromatic nitrogens is 1. The Labute approximate surface area is 142 Å². The summed E-state index contributed by atoms with van der Waals surface area (Å²) < 4.78 is 2.06. The van der Waals surface area contributed by atoms with E-state index in [4.69, 9.17) is 11.6 Å². The van der Waals surface area contributed by atoms with Crippen LogP contribution in [-0.2, 0) is 6.54 Å². The van der Waals surface area contributed by atoms with Gasteiger partial charge in [-0.2, -0.15) is 0 Å². The number of hydrogen-bond acceptors (Lipinski definition) is 1. The highest BCUT2D eigenvalue weighted by Gasteiger charge is 2.27. The summed E-state index contributed by atoms with van der Waals surface area (Å²) in [6, 6.07) is 12.0. The number of benzene rings is 1. The largest absolute Gasteiger partial charge is 0.353 e. The minimum absolute atomic E-state index is 0.0248. The fourth-order valence-corrected chi connectivity index (χ4v) is 3.24. The van der Waals surface area contributed by atoms with Gasteiger partial charge in [-0.25, -0.2) is 4.79 Å². The van der Waals surface area contributed by atoms with Crippen molar-refractivity contribution >= 4 is 17.6 Å². The maximum absolute atomic E-state index is 12.6. The molecule has 0 saturated carbocycles. The highest BCUT2D eigenvalue weighted by Crippen LogP contribution is 2.31. The van der Waals surface area contributed by atoms with Crippen molar-refractivity contribution in [1.29, 1.82) is 0 Å². The smallest absolute Gasteiger partial charge is 0.317 e. The van der Waals surface area contributed by atoms with Crippen molar-refractivity contribution in [2.45, 2.75) is 31.8 Å². The molecule has 0 spiro atoms. The number of carbonyl (C=O) groups is 1. The third kappa shape index (κ3) is 4.08. The Morgan fingerprint density at radius 1 is 1.17 bits per heavy atom. The molecule has 0 bridgehead atoms. The number of halogens is 1. The zero-order chi connectivity index (χ0) is 16.1. The minimum Gasteiger partial charge on any atom is -0.353 e. The van der Waals surface area contributed by atoms with Crippen LogP contribution in [0.4, 0.5) is 4.79 Å². The number of urea groups is 1. The van der Waals surface area contributed by atoms with Gasteiger partial charge in [0, 0.05) is 37.1 Å². The van der Waals surface area contributed by atoms with Crippen LogP contribution in [0.3, 0.4) is 0 Å². The molecule has 3 rings (SSSR count). The predicted molar refractivity (Wildman–Crippen MR) is 92.6 cm³/mol. The third-order valence-electron chi connectivity index (χ3n) is 4.33. The molecule has 4 nitrogen and oxygen atoms in total. The van der Waals surface area contributed by atoms with E-state index in [9.17, 15) is 4.79 Å². The van der Waals surface area contributed by atoms with Crippen LogP contribution >= 0.6 is 11.6 Å². The van der Waals surface area contributed by atoms with Crippen LogP contribution in [0.15, 0.2) is 48.8 Å². The first-order chi connectivity index (χ1) is 11.2. The van der Waals surface area contributed by atoms with Crippen LogP contribution in [0.1, 0.15) is 30.9 Å². The molecule has 0 aliphatic carbocycles. The molecule has 5 heteroatoms. The number of carbonyl (C=O) groups excluding carboxylic acids is 1. The van der Waals surface area contributed by atoms with Gasteiger partial charge in [0.1, 0.15) is 0 Å². The quantitative estimate of drug-likeness (QED) is 0.900. The summed E-state index contributed by atoms with van der Waals surface area (Å²) in [6.07, 6.45) is 7.23. The average molecular weight is 332 g/mol. The molecule has 1 aromatic heterocycles. The van der Waals surface area contributed by atoms with Crippen molar-refractivity contribution in [3.8, 4) is 0 Å². The second-order valence-electron chi connectivity index (χ2n) is 5.91. The summed E-state index contributed by atoms with van der Waals surface area (Å²) in [5.41, 5.74) is 1.16. The lowest BCUT2D eigenvalue weighted by atomic mass is 9.95. The van der Waals surface area contributed by atoms with E-state index in [0.29, 0.717) is 6.54 Å². The molecule has 0 radical (unpaired) electrons. The van der Waals surface area contributed by atoms with Crippen LogP contribution in [0.2, 0.25) is 5.02 Å². The number of piperidine rings is 1. The molecule has 1 aliphatic heterocycles. The molecular formula is C18H22ClN3O. The molecule has 1 atom stereocenters. The van der Waals surface area contributed by atoms with Gasteiger partial charge in [0.15, 0.2) is 0 Å². The molecule has 1 aliphatic rings. The lowest BCUT2D eigenvalue weighted by Gasteiger charge is -2.36. The summed E-state index contributed by atoms with van der Waals surface area (Å²) >= 11 is 5.97. The standard InChI is InChI=1S/C18H22ClN3O/c19-16-8-6-15(7-9-16)17-5-1-2-13-22(17)18(23)20-10-14-21-11-3-4-12-21/h3-4,6-9,11-12,17H,1-2,5,10,13-14H2,(H,20,23). The Morgan fingerprint density at radius 3 is 2.65 bits per heavy atom. The van der Waals surface area contributed by atoms with Gasteiger partial charge in [0.2, 0.25) is 0 Å². The van der Waals surface area contributed by atoms with Gasteiger partial charge in [0.05, 0.1) is 6.04 Å². The second kappa shape index (κ2) is 7.55. The minimum atomic E-state index is 0.0248. The van der Waals surface area contributed by atoms with E-state index in [1.54, 1.807) is 0 Å². The number of amides is 2. The number of nitrogens with zero attached hydrogens (tertiary/aromatic N) is 2. The molecule has 1 fully saturated rings. The van der Waals surface area contributed by atoms with Crippen molar-refractivity contribution in [3.63, 3.8) is 0 Å². The molecular weight excluding hydrogens is 310 g/mol. The Kier molecular flexibility index (Phi) is 5.23. The van der Waals surface area contributed by atoms with E-state index in [1.165, 1.54) is 0 Å². The molecule has 2 amide bonds. The van der Waals surface area contributed by atoms with Crippen LogP contribution in [0.25, 0.3) is 0 Å². The first-order valence-electron chi connectivity index (χ1n) is 8.15. The number of likely N-dealkylation sites (tertiary alicyclic amines) is 1.